The number of ether oxygens (including phenoxy) is 1. The number of rotatable bonds is 5. The molecule has 0 aliphatic rings. The van der Waals surface area contributed by atoms with Gasteiger partial charge in [-0.1, -0.05) is 36.1 Å². The van der Waals surface area contributed by atoms with Gasteiger partial charge in [0.25, 0.3) is 10.0 Å². The number of carbonyl (C=O) groups is 1. The van der Waals surface area contributed by atoms with Gasteiger partial charge in [-0.05, 0) is 49.7 Å². The Hall–Kier alpha value is -3.83. The molecule has 3 aromatic rings. The molecule has 0 unspecified atom stereocenters. The molecule has 0 amide bonds. The van der Waals surface area contributed by atoms with Crippen LogP contribution in [0.25, 0.3) is 0 Å². The highest BCUT2D eigenvalue weighted by molar-refractivity contribution is 7.92. The molecular formula is C23H20N2O5S. The van der Waals surface area contributed by atoms with Gasteiger partial charge in [-0.25, -0.2) is 18.2 Å². The van der Waals surface area contributed by atoms with Crippen LogP contribution in [0.5, 0.6) is 5.75 Å². The summed E-state index contributed by atoms with van der Waals surface area (Å²) in [6, 6.07) is 14.3. The van der Waals surface area contributed by atoms with Gasteiger partial charge in [0.2, 0.25) is 0 Å². The predicted octanol–water partition coefficient (Wildman–Crippen LogP) is 3.47. The Morgan fingerprint density at radius 1 is 1.06 bits per heavy atom. The van der Waals surface area contributed by atoms with Crippen LogP contribution < -0.4 is 4.72 Å². The highest BCUT2D eigenvalue weighted by atomic mass is 32.2. The number of aryl methyl sites for hydroxylation is 1. The smallest absolute Gasteiger partial charge is 0.339 e. The first-order valence-electron chi connectivity index (χ1n) is 9.38. The molecule has 0 atom stereocenters. The number of nitrogens with one attached hydrogen (secondary N) is 1. The number of hydrogen-bond acceptors (Lipinski definition) is 6. The Bertz CT molecular complexity index is 1290. The van der Waals surface area contributed by atoms with Gasteiger partial charge in [-0.2, -0.15) is 0 Å². The summed E-state index contributed by atoms with van der Waals surface area (Å²) in [4.78, 5) is 15.8. The van der Waals surface area contributed by atoms with Crippen molar-refractivity contribution in [3.05, 3.63) is 83.0 Å². The topological polar surface area (TPSA) is 106 Å². The van der Waals surface area contributed by atoms with E-state index in [4.69, 9.17) is 4.74 Å². The van der Waals surface area contributed by atoms with Crippen LogP contribution in [0.15, 0.2) is 65.7 Å². The van der Waals surface area contributed by atoms with Crippen molar-refractivity contribution < 1.29 is 23.1 Å². The van der Waals surface area contributed by atoms with E-state index in [1.807, 2.05) is 0 Å². The molecule has 0 aliphatic heterocycles. The zero-order valence-corrected chi connectivity index (χ0v) is 17.7. The Labute approximate surface area is 180 Å². The van der Waals surface area contributed by atoms with E-state index >= 15 is 0 Å². The number of aromatic hydroxyl groups is 1. The third-order valence-electron chi connectivity index (χ3n) is 4.28. The van der Waals surface area contributed by atoms with E-state index in [1.165, 1.54) is 24.4 Å². The van der Waals surface area contributed by atoms with Gasteiger partial charge in [0.05, 0.1) is 17.7 Å². The maximum Gasteiger partial charge on any atom is 0.339 e. The summed E-state index contributed by atoms with van der Waals surface area (Å²) in [5.74, 6) is 4.71. The van der Waals surface area contributed by atoms with Crippen LogP contribution >= 0.6 is 0 Å². The molecule has 8 heteroatoms. The van der Waals surface area contributed by atoms with Gasteiger partial charge < -0.3 is 9.84 Å². The lowest BCUT2D eigenvalue weighted by Crippen LogP contribution is -2.15. The van der Waals surface area contributed by atoms with E-state index in [0.29, 0.717) is 11.1 Å². The van der Waals surface area contributed by atoms with E-state index in [-0.39, 0.29) is 28.4 Å². The van der Waals surface area contributed by atoms with Crippen molar-refractivity contribution >= 4 is 21.8 Å². The normalized spacial score (nSPS) is 10.6. The minimum absolute atomic E-state index is 0.0966. The fraction of sp³-hybridized carbons (Fsp3) is 0.130. The molecule has 0 bridgehead atoms. The number of hydrogen-bond donors (Lipinski definition) is 2. The molecule has 0 spiro atoms. The van der Waals surface area contributed by atoms with Gasteiger partial charge in [0.15, 0.2) is 5.75 Å². The number of sulfonamides is 1. The summed E-state index contributed by atoms with van der Waals surface area (Å²) >= 11 is 0. The fourth-order valence-electron chi connectivity index (χ4n) is 2.73. The summed E-state index contributed by atoms with van der Waals surface area (Å²) < 4.78 is 33.0. The second-order valence-corrected chi connectivity index (χ2v) is 8.09. The largest absolute Gasteiger partial charge is 0.505 e. The zero-order valence-electron chi connectivity index (χ0n) is 16.9. The third kappa shape index (κ3) is 5.02. The molecule has 0 aliphatic carbocycles. The van der Waals surface area contributed by atoms with E-state index in [1.54, 1.807) is 50.2 Å². The van der Waals surface area contributed by atoms with E-state index in [0.717, 1.165) is 0 Å². The molecule has 0 radical (unpaired) electrons. The maximum atomic E-state index is 12.8. The maximum absolute atomic E-state index is 12.8. The monoisotopic (exact) mass is 436 g/mol. The molecule has 3 rings (SSSR count). The van der Waals surface area contributed by atoms with Crippen LogP contribution in [0, 0.1) is 18.8 Å². The molecule has 2 aromatic carbocycles. The number of carbonyl (C=O) groups excluding carboxylic acids is 1. The van der Waals surface area contributed by atoms with Gasteiger partial charge >= 0.3 is 5.97 Å². The van der Waals surface area contributed by atoms with Crippen molar-refractivity contribution in [1.82, 2.24) is 4.98 Å². The van der Waals surface area contributed by atoms with E-state index in [2.05, 4.69) is 21.5 Å². The lowest BCUT2D eigenvalue weighted by Gasteiger charge is -2.11. The van der Waals surface area contributed by atoms with Gasteiger partial charge in [0, 0.05) is 11.8 Å². The lowest BCUT2D eigenvalue weighted by molar-refractivity contribution is 0.0526. The highest BCUT2D eigenvalue weighted by Crippen LogP contribution is 2.28. The Balaban J connectivity index is 1.97. The Kier molecular flexibility index (Phi) is 6.58. The van der Waals surface area contributed by atoms with Crippen LogP contribution in [0.3, 0.4) is 0 Å². The summed E-state index contributed by atoms with van der Waals surface area (Å²) in [6.45, 7) is 3.65. The standard InChI is InChI=1S/C23H20N2O5S/c1-3-30-23(27)19-11-5-4-9-17(19)13-14-18-10-6-12-20(21(18)26)31(28,29)25-22-16(2)8-7-15-24-22/h4-12,15,26H,3H2,1-2H3,(H,24,25). The van der Waals surface area contributed by atoms with Crippen molar-refractivity contribution in [2.24, 2.45) is 0 Å². The van der Waals surface area contributed by atoms with Crippen LogP contribution in [-0.2, 0) is 14.8 Å². The lowest BCUT2D eigenvalue weighted by atomic mass is 10.1. The quantitative estimate of drug-likeness (QED) is 0.469. The number of nitrogens with zero attached hydrogens (tertiary/aromatic N) is 1. The van der Waals surface area contributed by atoms with E-state index < -0.39 is 21.7 Å². The van der Waals surface area contributed by atoms with Crippen molar-refractivity contribution in [2.45, 2.75) is 18.7 Å². The molecule has 0 fully saturated rings. The zero-order chi connectivity index (χ0) is 22.4. The second kappa shape index (κ2) is 9.32. The molecule has 7 nitrogen and oxygen atoms in total. The fourth-order valence-corrected chi connectivity index (χ4v) is 3.93. The number of aromatic nitrogens is 1. The molecule has 158 valence electrons. The van der Waals surface area contributed by atoms with Crippen LogP contribution in [0.2, 0.25) is 0 Å². The van der Waals surface area contributed by atoms with Gasteiger partial charge in [-0.15, -0.1) is 0 Å². The first-order valence-corrected chi connectivity index (χ1v) is 10.9. The molecule has 1 aromatic heterocycles. The summed E-state index contributed by atoms with van der Waals surface area (Å²) in [5.41, 5.74) is 1.42. The molecule has 31 heavy (non-hydrogen) atoms. The second-order valence-electron chi connectivity index (χ2n) is 6.44. The van der Waals surface area contributed by atoms with Crippen LogP contribution in [0.1, 0.15) is 34.0 Å². The highest BCUT2D eigenvalue weighted by Gasteiger charge is 2.21. The molecule has 1 heterocycles. The summed E-state index contributed by atoms with van der Waals surface area (Å²) in [5, 5.41) is 10.6. The van der Waals surface area contributed by atoms with Crippen molar-refractivity contribution in [3.63, 3.8) is 0 Å². The van der Waals surface area contributed by atoms with E-state index in [9.17, 15) is 18.3 Å². The van der Waals surface area contributed by atoms with Gasteiger partial charge in [-0.3, -0.25) is 4.72 Å². The number of phenols is 1. The number of phenolic OH excluding ortho intramolecular Hbond substituents is 1. The average molecular weight is 436 g/mol. The summed E-state index contributed by atoms with van der Waals surface area (Å²) in [6.07, 6.45) is 1.47. The summed E-state index contributed by atoms with van der Waals surface area (Å²) in [7, 11) is -4.11. The first kappa shape index (κ1) is 21.9. The molecule has 0 saturated carbocycles. The Morgan fingerprint density at radius 2 is 1.77 bits per heavy atom. The Morgan fingerprint density at radius 3 is 2.52 bits per heavy atom. The minimum Gasteiger partial charge on any atom is -0.505 e. The predicted molar refractivity (Wildman–Crippen MR) is 116 cm³/mol. The van der Waals surface area contributed by atoms with Crippen molar-refractivity contribution in [3.8, 4) is 17.6 Å². The van der Waals surface area contributed by atoms with Gasteiger partial charge in [0.1, 0.15) is 10.7 Å². The van der Waals surface area contributed by atoms with Crippen LogP contribution in [0.4, 0.5) is 5.82 Å². The van der Waals surface area contributed by atoms with Crippen molar-refractivity contribution in [1.29, 1.82) is 0 Å². The number of esters is 1. The molecular weight excluding hydrogens is 416 g/mol. The minimum atomic E-state index is -4.11. The number of anilines is 1. The number of benzene rings is 2. The van der Waals surface area contributed by atoms with Crippen LogP contribution in [-0.4, -0.2) is 31.1 Å². The first-order chi connectivity index (χ1) is 14.8. The molecule has 0 saturated heterocycles. The number of para-hydroxylation sites is 1. The number of pyridine rings is 1. The third-order valence-corrected chi connectivity index (χ3v) is 5.65. The SMILES string of the molecule is CCOC(=O)c1ccccc1C#Cc1cccc(S(=O)(=O)Nc2ncccc2C)c1O. The average Bonchev–Trinajstić information content (AvgIpc) is 2.75. The molecule has 2 N–H and O–H groups in total. The van der Waals surface area contributed by atoms with Crippen molar-refractivity contribution in [2.75, 3.05) is 11.3 Å².